The number of hydrogen-bond acceptors (Lipinski definition) is 7. The SMILES string of the molecule is CCCCNc1nc(N)ncc1OCc1cccc(C(=O)OC)c1. The molecule has 0 atom stereocenters. The van der Waals surface area contributed by atoms with Gasteiger partial charge in [0.1, 0.15) is 6.61 Å². The topological polar surface area (TPSA) is 99.4 Å². The number of benzene rings is 1. The molecule has 24 heavy (non-hydrogen) atoms. The van der Waals surface area contributed by atoms with Crippen molar-refractivity contribution in [2.45, 2.75) is 26.4 Å². The van der Waals surface area contributed by atoms with Crippen molar-refractivity contribution in [1.29, 1.82) is 0 Å². The van der Waals surface area contributed by atoms with Crippen LogP contribution in [0.5, 0.6) is 5.75 Å². The highest BCUT2D eigenvalue weighted by atomic mass is 16.5. The van der Waals surface area contributed by atoms with Gasteiger partial charge in [0.05, 0.1) is 18.9 Å². The van der Waals surface area contributed by atoms with Gasteiger partial charge in [-0.2, -0.15) is 4.98 Å². The van der Waals surface area contributed by atoms with Gasteiger partial charge in [0.15, 0.2) is 11.6 Å². The minimum absolute atomic E-state index is 0.189. The second kappa shape index (κ2) is 8.71. The standard InChI is InChI=1S/C17H22N4O3/c1-3-4-8-19-15-14(10-20-17(18)21-15)24-11-12-6-5-7-13(9-12)16(22)23-2/h5-7,9-10H,3-4,8,11H2,1-2H3,(H3,18,19,20,21). The molecule has 3 N–H and O–H groups in total. The number of anilines is 2. The van der Waals surface area contributed by atoms with Crippen molar-refractivity contribution < 1.29 is 14.3 Å². The highest BCUT2D eigenvalue weighted by Gasteiger charge is 2.09. The van der Waals surface area contributed by atoms with E-state index in [1.165, 1.54) is 7.11 Å². The summed E-state index contributed by atoms with van der Waals surface area (Å²) in [5.74, 6) is 0.896. The van der Waals surface area contributed by atoms with Crippen LogP contribution in [0.2, 0.25) is 0 Å². The molecular formula is C17H22N4O3. The van der Waals surface area contributed by atoms with Crippen LogP contribution >= 0.6 is 0 Å². The zero-order valence-corrected chi connectivity index (χ0v) is 13.9. The summed E-state index contributed by atoms with van der Waals surface area (Å²) in [6.45, 7) is 3.17. The molecule has 0 fully saturated rings. The molecule has 0 unspecified atom stereocenters. The number of rotatable bonds is 8. The summed E-state index contributed by atoms with van der Waals surface area (Å²) in [7, 11) is 1.35. The number of carbonyl (C=O) groups is 1. The van der Waals surface area contributed by atoms with Crippen LogP contribution in [0.4, 0.5) is 11.8 Å². The largest absolute Gasteiger partial charge is 0.483 e. The van der Waals surface area contributed by atoms with Gasteiger partial charge in [-0.25, -0.2) is 9.78 Å². The first-order valence-electron chi connectivity index (χ1n) is 7.80. The van der Waals surface area contributed by atoms with E-state index in [4.69, 9.17) is 15.2 Å². The van der Waals surface area contributed by atoms with E-state index in [2.05, 4.69) is 22.2 Å². The van der Waals surface area contributed by atoms with Crippen LogP contribution < -0.4 is 15.8 Å². The lowest BCUT2D eigenvalue weighted by atomic mass is 10.1. The lowest BCUT2D eigenvalue weighted by Crippen LogP contribution is -2.09. The summed E-state index contributed by atoms with van der Waals surface area (Å²) >= 11 is 0. The van der Waals surface area contributed by atoms with E-state index in [0.717, 1.165) is 24.9 Å². The molecule has 0 saturated heterocycles. The zero-order valence-electron chi connectivity index (χ0n) is 13.9. The molecule has 0 aliphatic rings. The molecule has 7 nitrogen and oxygen atoms in total. The first-order valence-corrected chi connectivity index (χ1v) is 7.80. The van der Waals surface area contributed by atoms with Gasteiger partial charge >= 0.3 is 5.97 Å². The first kappa shape index (κ1) is 17.5. The average Bonchev–Trinajstić information content (AvgIpc) is 2.61. The van der Waals surface area contributed by atoms with Gasteiger partial charge in [-0.15, -0.1) is 0 Å². The second-order valence-corrected chi connectivity index (χ2v) is 5.20. The monoisotopic (exact) mass is 330 g/mol. The van der Waals surface area contributed by atoms with Crippen LogP contribution in [0.25, 0.3) is 0 Å². The second-order valence-electron chi connectivity index (χ2n) is 5.20. The van der Waals surface area contributed by atoms with E-state index < -0.39 is 0 Å². The number of methoxy groups -OCH3 is 1. The van der Waals surface area contributed by atoms with E-state index in [0.29, 0.717) is 17.1 Å². The van der Waals surface area contributed by atoms with Crippen molar-refractivity contribution >= 4 is 17.7 Å². The Bertz CT molecular complexity index is 691. The van der Waals surface area contributed by atoms with Crippen LogP contribution in [0.15, 0.2) is 30.5 Å². The molecule has 2 rings (SSSR count). The lowest BCUT2D eigenvalue weighted by molar-refractivity contribution is 0.0600. The molecule has 2 aromatic rings. The summed E-state index contributed by atoms with van der Waals surface area (Å²) in [6, 6.07) is 7.08. The average molecular weight is 330 g/mol. The quantitative estimate of drug-likeness (QED) is 0.567. The fourth-order valence-corrected chi connectivity index (χ4v) is 2.07. The zero-order chi connectivity index (χ0) is 17.4. The van der Waals surface area contributed by atoms with Crippen molar-refractivity contribution in [1.82, 2.24) is 9.97 Å². The molecule has 0 saturated carbocycles. The van der Waals surface area contributed by atoms with Crippen molar-refractivity contribution in [3.8, 4) is 5.75 Å². The third-order valence-corrected chi connectivity index (χ3v) is 3.34. The maximum Gasteiger partial charge on any atom is 0.337 e. The Morgan fingerprint density at radius 2 is 2.21 bits per heavy atom. The van der Waals surface area contributed by atoms with Crippen LogP contribution in [-0.2, 0) is 11.3 Å². The van der Waals surface area contributed by atoms with Gasteiger partial charge in [-0.3, -0.25) is 0 Å². The predicted molar refractivity (Wildman–Crippen MR) is 92.0 cm³/mol. The van der Waals surface area contributed by atoms with E-state index in [1.807, 2.05) is 6.07 Å². The van der Waals surface area contributed by atoms with Gasteiger partial charge in [0.25, 0.3) is 0 Å². The minimum atomic E-state index is -0.380. The van der Waals surface area contributed by atoms with E-state index in [1.54, 1.807) is 24.4 Å². The van der Waals surface area contributed by atoms with Gasteiger partial charge in [0, 0.05) is 6.54 Å². The fraction of sp³-hybridized carbons (Fsp3) is 0.353. The van der Waals surface area contributed by atoms with Gasteiger partial charge in [-0.05, 0) is 24.1 Å². The summed E-state index contributed by atoms with van der Waals surface area (Å²) in [4.78, 5) is 19.7. The number of carbonyl (C=O) groups excluding carboxylic acids is 1. The van der Waals surface area contributed by atoms with Gasteiger partial charge in [0.2, 0.25) is 5.95 Å². The van der Waals surface area contributed by atoms with Crippen LogP contribution in [-0.4, -0.2) is 29.6 Å². The molecule has 1 heterocycles. The maximum absolute atomic E-state index is 11.6. The molecule has 1 aromatic heterocycles. The van der Waals surface area contributed by atoms with Gasteiger partial charge in [-0.1, -0.05) is 25.5 Å². The third kappa shape index (κ3) is 4.84. The van der Waals surface area contributed by atoms with Crippen molar-refractivity contribution in [3.05, 3.63) is 41.6 Å². The van der Waals surface area contributed by atoms with Crippen molar-refractivity contribution in [3.63, 3.8) is 0 Å². The predicted octanol–water partition coefficient (Wildman–Crippen LogP) is 2.64. The fourth-order valence-electron chi connectivity index (χ4n) is 2.07. The summed E-state index contributed by atoms with van der Waals surface area (Å²) in [6.07, 6.45) is 3.63. The number of nitrogens with one attached hydrogen (secondary N) is 1. The summed E-state index contributed by atoms with van der Waals surface area (Å²) in [5, 5.41) is 3.20. The molecule has 0 bridgehead atoms. The van der Waals surface area contributed by atoms with E-state index in [9.17, 15) is 4.79 Å². The number of nitrogen functional groups attached to an aromatic ring is 1. The molecule has 0 amide bonds. The Kier molecular flexibility index (Phi) is 6.36. The molecule has 7 heteroatoms. The Hall–Kier alpha value is -2.83. The maximum atomic E-state index is 11.6. The molecule has 128 valence electrons. The Morgan fingerprint density at radius 1 is 1.38 bits per heavy atom. The van der Waals surface area contributed by atoms with E-state index >= 15 is 0 Å². The smallest absolute Gasteiger partial charge is 0.337 e. The number of ether oxygens (including phenoxy) is 2. The Morgan fingerprint density at radius 3 is 2.96 bits per heavy atom. The van der Waals surface area contributed by atoms with Crippen molar-refractivity contribution in [2.75, 3.05) is 24.7 Å². The first-order chi connectivity index (χ1) is 11.6. The third-order valence-electron chi connectivity index (χ3n) is 3.34. The highest BCUT2D eigenvalue weighted by molar-refractivity contribution is 5.89. The molecule has 0 aliphatic carbocycles. The van der Waals surface area contributed by atoms with Crippen molar-refractivity contribution in [2.24, 2.45) is 0 Å². The number of nitrogens with two attached hydrogens (primary N) is 1. The Balaban J connectivity index is 2.07. The van der Waals surface area contributed by atoms with Gasteiger partial charge < -0.3 is 20.5 Å². The minimum Gasteiger partial charge on any atom is -0.483 e. The van der Waals surface area contributed by atoms with E-state index in [-0.39, 0.29) is 18.5 Å². The van der Waals surface area contributed by atoms with Crippen LogP contribution in [0, 0.1) is 0 Å². The number of esters is 1. The number of aromatic nitrogens is 2. The lowest BCUT2D eigenvalue weighted by Gasteiger charge is -2.12. The summed E-state index contributed by atoms with van der Waals surface area (Å²) in [5.41, 5.74) is 6.96. The van der Waals surface area contributed by atoms with Crippen LogP contribution in [0.3, 0.4) is 0 Å². The number of hydrogen-bond donors (Lipinski definition) is 2. The van der Waals surface area contributed by atoms with Crippen LogP contribution in [0.1, 0.15) is 35.7 Å². The molecule has 0 spiro atoms. The molecule has 0 radical (unpaired) electrons. The molecule has 0 aliphatic heterocycles. The molecule has 1 aromatic carbocycles. The molecular weight excluding hydrogens is 308 g/mol. The Labute approximate surface area is 141 Å². The summed E-state index contributed by atoms with van der Waals surface area (Å²) < 4.78 is 10.5. The number of unbranched alkanes of at least 4 members (excludes halogenated alkanes) is 1. The normalized spacial score (nSPS) is 10.2. The number of nitrogens with zero attached hydrogens (tertiary/aromatic N) is 2. The highest BCUT2D eigenvalue weighted by Crippen LogP contribution is 2.23.